The van der Waals surface area contributed by atoms with E-state index in [9.17, 15) is 4.79 Å². The highest BCUT2D eigenvalue weighted by atomic mass is 35.5. The zero-order chi connectivity index (χ0) is 15.2. The molecule has 3 heterocycles. The van der Waals surface area contributed by atoms with Crippen LogP contribution in [0.15, 0.2) is 35.8 Å². The van der Waals surface area contributed by atoms with Crippen LogP contribution in [0, 0.1) is 0 Å². The third-order valence-electron chi connectivity index (χ3n) is 3.89. The van der Waals surface area contributed by atoms with Crippen molar-refractivity contribution in [2.24, 2.45) is 0 Å². The van der Waals surface area contributed by atoms with E-state index in [2.05, 4.69) is 27.0 Å². The van der Waals surface area contributed by atoms with Gasteiger partial charge < -0.3 is 15.2 Å². The normalized spacial score (nSPS) is 15.1. The topological polar surface area (TPSA) is 49.3 Å². The predicted molar refractivity (Wildman–Crippen MR) is 96.7 cm³/mol. The molecule has 0 saturated carbocycles. The minimum absolute atomic E-state index is 0. The van der Waals surface area contributed by atoms with Crippen molar-refractivity contribution in [3.8, 4) is 0 Å². The maximum Gasteiger partial charge on any atom is 0.267 e. The van der Waals surface area contributed by atoms with Gasteiger partial charge in [0.2, 0.25) is 0 Å². The van der Waals surface area contributed by atoms with Crippen LogP contribution in [0.25, 0.3) is 0 Å². The lowest BCUT2D eigenvalue weighted by molar-refractivity contribution is 0.0938. The Morgan fingerprint density at radius 1 is 1.26 bits per heavy atom. The molecule has 0 bridgehead atoms. The van der Waals surface area contributed by atoms with Gasteiger partial charge in [-0.15, -0.1) is 23.7 Å². The van der Waals surface area contributed by atoms with Gasteiger partial charge >= 0.3 is 0 Å². The summed E-state index contributed by atoms with van der Waals surface area (Å²) >= 11 is 1.71. The number of amides is 1. The number of thiophene rings is 1. The summed E-state index contributed by atoms with van der Waals surface area (Å²) < 4.78 is 2.01. The largest absolute Gasteiger partial charge is 0.349 e. The summed E-state index contributed by atoms with van der Waals surface area (Å²) in [5.74, 6) is 0.0108. The van der Waals surface area contributed by atoms with Crippen molar-refractivity contribution >= 4 is 29.7 Å². The van der Waals surface area contributed by atoms with Crippen molar-refractivity contribution in [3.05, 3.63) is 46.4 Å². The highest BCUT2D eigenvalue weighted by Crippen LogP contribution is 2.13. The van der Waals surface area contributed by atoms with Gasteiger partial charge in [-0.2, -0.15) is 0 Å². The number of halogens is 1. The van der Waals surface area contributed by atoms with Crippen LogP contribution >= 0.6 is 23.7 Å². The number of hydrogen-bond acceptors (Lipinski definition) is 4. The second kappa shape index (κ2) is 9.08. The molecule has 1 saturated heterocycles. The lowest BCUT2D eigenvalue weighted by Gasteiger charge is -2.27. The molecule has 5 nitrogen and oxygen atoms in total. The van der Waals surface area contributed by atoms with E-state index in [-0.39, 0.29) is 18.3 Å². The van der Waals surface area contributed by atoms with Gasteiger partial charge in [0.05, 0.1) is 6.54 Å². The van der Waals surface area contributed by atoms with Crippen LogP contribution < -0.4 is 10.6 Å². The molecule has 0 radical (unpaired) electrons. The van der Waals surface area contributed by atoms with E-state index in [4.69, 9.17) is 0 Å². The Morgan fingerprint density at radius 2 is 2.09 bits per heavy atom. The first-order valence-electron chi connectivity index (χ1n) is 7.72. The second-order valence-corrected chi connectivity index (χ2v) is 6.48. The van der Waals surface area contributed by atoms with Crippen LogP contribution in [-0.2, 0) is 6.54 Å². The zero-order valence-corrected chi connectivity index (χ0v) is 14.7. The zero-order valence-electron chi connectivity index (χ0n) is 13.0. The Labute approximate surface area is 147 Å². The molecule has 126 valence electrons. The first kappa shape index (κ1) is 18.0. The van der Waals surface area contributed by atoms with E-state index in [1.54, 1.807) is 11.3 Å². The number of carbonyl (C=O) groups is 1. The Kier molecular flexibility index (Phi) is 7.11. The van der Waals surface area contributed by atoms with Crippen LogP contribution in [0.4, 0.5) is 0 Å². The minimum atomic E-state index is 0. The number of aromatic nitrogens is 1. The summed E-state index contributed by atoms with van der Waals surface area (Å²) in [6.45, 7) is 6.57. The molecule has 2 N–H and O–H groups in total. The number of hydrogen-bond donors (Lipinski definition) is 2. The lowest BCUT2D eigenvalue weighted by atomic mass is 10.3. The lowest BCUT2D eigenvalue weighted by Crippen LogP contribution is -2.46. The minimum Gasteiger partial charge on any atom is -0.349 e. The van der Waals surface area contributed by atoms with Crippen LogP contribution in [0.1, 0.15) is 15.4 Å². The van der Waals surface area contributed by atoms with E-state index in [0.717, 1.165) is 45.0 Å². The van der Waals surface area contributed by atoms with E-state index < -0.39 is 0 Å². The molecule has 23 heavy (non-hydrogen) atoms. The fourth-order valence-corrected chi connectivity index (χ4v) is 3.38. The number of nitrogens with one attached hydrogen (secondary N) is 2. The molecule has 1 fully saturated rings. The third-order valence-corrected chi connectivity index (χ3v) is 4.75. The maximum absolute atomic E-state index is 12.3. The molecule has 1 aliphatic heterocycles. The van der Waals surface area contributed by atoms with Crippen molar-refractivity contribution in [2.45, 2.75) is 6.54 Å². The molecule has 0 spiro atoms. The van der Waals surface area contributed by atoms with E-state index in [1.807, 2.05) is 29.0 Å². The average Bonchev–Trinajstić information content (AvgIpc) is 3.20. The summed E-state index contributed by atoms with van der Waals surface area (Å²) in [7, 11) is 0. The van der Waals surface area contributed by atoms with Gasteiger partial charge in [0.1, 0.15) is 5.69 Å². The van der Waals surface area contributed by atoms with Gasteiger partial charge in [-0.1, -0.05) is 6.07 Å². The molecule has 1 aliphatic rings. The highest BCUT2D eigenvalue weighted by molar-refractivity contribution is 7.09. The summed E-state index contributed by atoms with van der Waals surface area (Å²) in [6.07, 6.45) is 1.96. The van der Waals surface area contributed by atoms with Crippen LogP contribution in [0.3, 0.4) is 0 Å². The van der Waals surface area contributed by atoms with Crippen LogP contribution in [-0.4, -0.2) is 54.6 Å². The van der Waals surface area contributed by atoms with Crippen molar-refractivity contribution in [1.82, 2.24) is 20.1 Å². The maximum atomic E-state index is 12.3. The molecule has 7 heteroatoms. The first-order valence-corrected chi connectivity index (χ1v) is 8.60. The number of rotatable bonds is 6. The molecule has 3 rings (SSSR count). The summed E-state index contributed by atoms with van der Waals surface area (Å²) in [6, 6.07) is 7.94. The first-order chi connectivity index (χ1) is 10.8. The second-order valence-electron chi connectivity index (χ2n) is 5.45. The van der Waals surface area contributed by atoms with Crippen molar-refractivity contribution in [1.29, 1.82) is 0 Å². The number of nitrogens with zero attached hydrogens (tertiary/aromatic N) is 2. The average molecular weight is 355 g/mol. The molecule has 0 aromatic carbocycles. The van der Waals surface area contributed by atoms with E-state index >= 15 is 0 Å². The Bertz CT molecular complexity index is 593. The molecular formula is C16H23ClN4OS. The molecule has 1 amide bonds. The Hall–Kier alpha value is -1.34. The summed E-state index contributed by atoms with van der Waals surface area (Å²) in [5, 5.41) is 8.43. The molecule has 2 aromatic rings. The van der Waals surface area contributed by atoms with Gasteiger partial charge in [-0.3, -0.25) is 9.69 Å². The van der Waals surface area contributed by atoms with Crippen molar-refractivity contribution in [3.63, 3.8) is 0 Å². The van der Waals surface area contributed by atoms with Gasteiger partial charge in [-0.05, 0) is 23.6 Å². The molecule has 0 atom stereocenters. The van der Waals surface area contributed by atoms with Crippen molar-refractivity contribution in [2.75, 3.05) is 39.3 Å². The fourth-order valence-electron chi connectivity index (χ4n) is 2.68. The van der Waals surface area contributed by atoms with Gasteiger partial charge in [0, 0.05) is 50.3 Å². The van der Waals surface area contributed by atoms with Gasteiger partial charge in [-0.25, -0.2) is 0 Å². The highest BCUT2D eigenvalue weighted by Gasteiger charge is 2.13. The fraction of sp³-hybridized carbons (Fsp3) is 0.438. The number of carbonyl (C=O) groups excluding carboxylic acids is 1. The Morgan fingerprint density at radius 3 is 2.83 bits per heavy atom. The molecular weight excluding hydrogens is 332 g/mol. The Balaban J connectivity index is 0.00000192. The molecule has 2 aromatic heterocycles. The summed E-state index contributed by atoms with van der Waals surface area (Å²) in [5.41, 5.74) is 0.730. The quantitative estimate of drug-likeness (QED) is 0.829. The van der Waals surface area contributed by atoms with Crippen LogP contribution in [0.5, 0.6) is 0 Å². The number of piperazine rings is 1. The van der Waals surface area contributed by atoms with E-state index in [1.165, 1.54) is 4.88 Å². The van der Waals surface area contributed by atoms with Crippen LogP contribution in [0.2, 0.25) is 0 Å². The molecule has 0 unspecified atom stereocenters. The predicted octanol–water partition coefficient (Wildman–Crippen LogP) is 1.65. The SMILES string of the molecule is Cl.O=C(NCCN1CCNCC1)c1cccn1Cc1cccs1. The van der Waals surface area contributed by atoms with Gasteiger partial charge in [0.15, 0.2) is 0 Å². The van der Waals surface area contributed by atoms with Crippen molar-refractivity contribution < 1.29 is 4.79 Å². The van der Waals surface area contributed by atoms with Gasteiger partial charge in [0.25, 0.3) is 5.91 Å². The monoisotopic (exact) mass is 354 g/mol. The smallest absolute Gasteiger partial charge is 0.267 e. The van der Waals surface area contributed by atoms with E-state index in [0.29, 0.717) is 6.54 Å². The third kappa shape index (κ3) is 5.07. The standard InChI is InChI=1S/C16H22N4OS.ClH/c21-16(18-7-11-19-9-5-17-6-10-19)15-4-1-8-20(15)13-14-3-2-12-22-14;/h1-4,8,12,17H,5-7,9-11,13H2,(H,18,21);1H. The molecule has 0 aliphatic carbocycles. The summed E-state index contributed by atoms with van der Waals surface area (Å²) in [4.78, 5) is 16.0.